The smallest absolute Gasteiger partial charge is 0.307 e. The zero-order chi connectivity index (χ0) is 16.1. The van der Waals surface area contributed by atoms with Crippen molar-refractivity contribution in [2.45, 2.75) is 52.6 Å². The van der Waals surface area contributed by atoms with Gasteiger partial charge in [-0.05, 0) is 39.2 Å². The zero-order valence-electron chi connectivity index (χ0n) is 13.8. The summed E-state index contributed by atoms with van der Waals surface area (Å²) < 4.78 is 1.67. The van der Waals surface area contributed by atoms with Gasteiger partial charge in [0, 0.05) is 43.2 Å². The van der Waals surface area contributed by atoms with Gasteiger partial charge in [-0.1, -0.05) is 18.3 Å². The van der Waals surface area contributed by atoms with E-state index in [0.717, 1.165) is 24.7 Å². The van der Waals surface area contributed by atoms with Gasteiger partial charge in [0.15, 0.2) is 0 Å². The molecule has 0 radical (unpaired) electrons. The van der Waals surface area contributed by atoms with E-state index in [9.17, 15) is 9.59 Å². The highest BCUT2D eigenvalue weighted by atomic mass is 32.1. The van der Waals surface area contributed by atoms with E-state index in [4.69, 9.17) is 0 Å². The third-order valence-electron chi connectivity index (χ3n) is 4.45. The second-order valence-corrected chi connectivity index (χ2v) is 7.26. The second kappa shape index (κ2) is 7.92. The number of carbonyl (C=O) groups is 1. The van der Waals surface area contributed by atoms with E-state index in [1.807, 2.05) is 12.3 Å². The highest BCUT2D eigenvalue weighted by Gasteiger charge is 2.21. The van der Waals surface area contributed by atoms with Crippen molar-refractivity contribution < 1.29 is 4.79 Å². The summed E-state index contributed by atoms with van der Waals surface area (Å²) in [5.74, 6) is 0.773. The summed E-state index contributed by atoms with van der Waals surface area (Å²) in [7, 11) is 0. The molecular formula is C16H27N3O2S. The van der Waals surface area contributed by atoms with Crippen LogP contribution < -0.4 is 10.2 Å². The first kappa shape index (κ1) is 17.2. The Hall–Kier alpha value is -1.14. The molecule has 1 aliphatic rings. The highest BCUT2D eigenvalue weighted by Crippen LogP contribution is 2.17. The van der Waals surface area contributed by atoms with Crippen LogP contribution >= 0.6 is 11.3 Å². The molecule has 2 heterocycles. The van der Waals surface area contributed by atoms with Gasteiger partial charge in [0.25, 0.3) is 0 Å². The van der Waals surface area contributed by atoms with E-state index in [0.29, 0.717) is 25.6 Å². The molecule has 2 rings (SSSR count). The monoisotopic (exact) mass is 325 g/mol. The number of aryl methyl sites for hydroxylation is 1. The third kappa shape index (κ3) is 4.68. The Kier molecular flexibility index (Phi) is 6.20. The summed E-state index contributed by atoms with van der Waals surface area (Å²) in [6.07, 6.45) is 2.92. The van der Waals surface area contributed by atoms with Crippen LogP contribution in [0, 0.1) is 12.8 Å². The number of nitrogens with one attached hydrogen (secondary N) is 1. The molecule has 1 fully saturated rings. The number of piperidine rings is 1. The van der Waals surface area contributed by atoms with Gasteiger partial charge in [-0.2, -0.15) is 0 Å². The fourth-order valence-electron chi connectivity index (χ4n) is 2.99. The molecule has 5 nitrogen and oxygen atoms in total. The molecule has 22 heavy (non-hydrogen) atoms. The van der Waals surface area contributed by atoms with E-state index in [1.165, 1.54) is 24.2 Å². The van der Waals surface area contributed by atoms with Gasteiger partial charge in [0.05, 0.1) is 0 Å². The first-order valence-electron chi connectivity index (χ1n) is 8.13. The van der Waals surface area contributed by atoms with Gasteiger partial charge in [-0.25, -0.2) is 0 Å². The molecule has 0 saturated carbocycles. The lowest BCUT2D eigenvalue weighted by Gasteiger charge is -2.35. The fourth-order valence-corrected chi connectivity index (χ4v) is 3.75. The van der Waals surface area contributed by atoms with Gasteiger partial charge >= 0.3 is 4.87 Å². The molecule has 1 saturated heterocycles. The average molecular weight is 325 g/mol. The summed E-state index contributed by atoms with van der Waals surface area (Å²) in [5.41, 5.74) is 0.929. The summed E-state index contributed by atoms with van der Waals surface area (Å²) in [5, 5.41) is 4.84. The molecule has 0 spiro atoms. The maximum atomic E-state index is 12.0. The molecular weight excluding hydrogens is 298 g/mol. The standard InChI is InChI=1S/C16H27N3O2S/c1-12-5-4-7-18(10-12)13(2)9-17-15(20)6-8-19-14(3)11-22-16(19)21/h11-13H,4-10H2,1-3H3,(H,17,20). The topological polar surface area (TPSA) is 54.3 Å². The van der Waals surface area contributed by atoms with Crippen LogP contribution in [0.25, 0.3) is 0 Å². The Bertz CT molecular complexity index is 552. The minimum atomic E-state index is 0.0148. The van der Waals surface area contributed by atoms with Crippen molar-refractivity contribution in [3.63, 3.8) is 0 Å². The van der Waals surface area contributed by atoms with Crippen molar-refractivity contribution in [2.24, 2.45) is 5.92 Å². The van der Waals surface area contributed by atoms with Crippen molar-refractivity contribution >= 4 is 17.2 Å². The van der Waals surface area contributed by atoms with Crippen LogP contribution in [0.1, 0.15) is 38.8 Å². The molecule has 1 N–H and O–H groups in total. The zero-order valence-corrected chi connectivity index (χ0v) is 14.6. The summed E-state index contributed by atoms with van der Waals surface area (Å²) in [6.45, 7) is 9.77. The molecule has 124 valence electrons. The Morgan fingerprint density at radius 1 is 1.55 bits per heavy atom. The minimum absolute atomic E-state index is 0.0148. The van der Waals surface area contributed by atoms with E-state index in [1.54, 1.807) is 4.57 Å². The van der Waals surface area contributed by atoms with Crippen molar-refractivity contribution in [1.82, 2.24) is 14.8 Å². The average Bonchev–Trinajstić information content (AvgIpc) is 2.81. The van der Waals surface area contributed by atoms with Crippen LogP contribution in [0.2, 0.25) is 0 Å². The SMILES string of the molecule is Cc1csc(=O)n1CCC(=O)NCC(C)N1CCCC(C)C1. The summed E-state index contributed by atoms with van der Waals surface area (Å²) >= 11 is 1.19. The maximum Gasteiger partial charge on any atom is 0.307 e. The molecule has 2 unspecified atom stereocenters. The minimum Gasteiger partial charge on any atom is -0.354 e. The lowest BCUT2D eigenvalue weighted by atomic mass is 9.99. The fraction of sp³-hybridized carbons (Fsp3) is 0.750. The van der Waals surface area contributed by atoms with Crippen molar-refractivity contribution in [3.8, 4) is 0 Å². The summed E-state index contributed by atoms with van der Waals surface area (Å²) in [6, 6.07) is 0.373. The predicted molar refractivity (Wildman–Crippen MR) is 90.4 cm³/mol. The molecule has 1 amide bonds. The van der Waals surface area contributed by atoms with Gasteiger partial charge < -0.3 is 9.88 Å². The molecule has 1 aliphatic heterocycles. The first-order chi connectivity index (χ1) is 10.5. The van der Waals surface area contributed by atoms with E-state index in [2.05, 4.69) is 24.1 Å². The molecule has 1 aromatic heterocycles. The Morgan fingerprint density at radius 2 is 2.32 bits per heavy atom. The third-order valence-corrected chi connectivity index (χ3v) is 5.33. The number of amides is 1. The number of hydrogen-bond donors (Lipinski definition) is 1. The second-order valence-electron chi connectivity index (χ2n) is 6.44. The van der Waals surface area contributed by atoms with Crippen molar-refractivity contribution in [1.29, 1.82) is 0 Å². The van der Waals surface area contributed by atoms with Crippen LogP contribution in [0.4, 0.5) is 0 Å². The normalized spacial score (nSPS) is 20.8. The Balaban J connectivity index is 1.72. The number of nitrogens with zero attached hydrogens (tertiary/aromatic N) is 2. The number of likely N-dealkylation sites (tertiary alicyclic amines) is 1. The Labute approximate surface area is 136 Å². The molecule has 2 atom stereocenters. The number of thiazole rings is 1. The molecule has 0 aliphatic carbocycles. The van der Waals surface area contributed by atoms with Crippen LogP contribution in [0.15, 0.2) is 10.2 Å². The summed E-state index contributed by atoms with van der Waals surface area (Å²) in [4.78, 5) is 26.0. The Morgan fingerprint density at radius 3 is 2.95 bits per heavy atom. The molecule has 0 aromatic carbocycles. The number of hydrogen-bond acceptors (Lipinski definition) is 4. The maximum absolute atomic E-state index is 12.0. The van der Waals surface area contributed by atoms with Crippen LogP contribution in [0.3, 0.4) is 0 Å². The molecule has 6 heteroatoms. The van der Waals surface area contributed by atoms with E-state index in [-0.39, 0.29) is 10.8 Å². The lowest BCUT2D eigenvalue weighted by Crippen LogP contribution is -2.46. The van der Waals surface area contributed by atoms with E-state index < -0.39 is 0 Å². The predicted octanol–water partition coefficient (Wildman–Crippen LogP) is 1.84. The van der Waals surface area contributed by atoms with Gasteiger partial charge in [0.2, 0.25) is 5.91 Å². The highest BCUT2D eigenvalue weighted by molar-refractivity contribution is 7.07. The van der Waals surface area contributed by atoms with Gasteiger partial charge in [0.1, 0.15) is 0 Å². The van der Waals surface area contributed by atoms with Crippen LogP contribution in [-0.2, 0) is 11.3 Å². The molecule has 0 bridgehead atoms. The van der Waals surface area contributed by atoms with Gasteiger partial charge in [-0.15, -0.1) is 0 Å². The number of carbonyl (C=O) groups excluding carboxylic acids is 1. The first-order valence-corrected chi connectivity index (χ1v) is 9.01. The van der Waals surface area contributed by atoms with E-state index >= 15 is 0 Å². The van der Waals surface area contributed by atoms with Crippen LogP contribution in [-0.4, -0.2) is 41.1 Å². The number of rotatable bonds is 6. The van der Waals surface area contributed by atoms with Gasteiger partial charge in [-0.3, -0.25) is 14.5 Å². The number of aromatic nitrogens is 1. The van der Waals surface area contributed by atoms with Crippen molar-refractivity contribution in [2.75, 3.05) is 19.6 Å². The molecule has 1 aromatic rings. The van der Waals surface area contributed by atoms with Crippen LogP contribution in [0.5, 0.6) is 0 Å². The quantitative estimate of drug-likeness (QED) is 0.868. The lowest BCUT2D eigenvalue weighted by molar-refractivity contribution is -0.121. The largest absolute Gasteiger partial charge is 0.354 e. The van der Waals surface area contributed by atoms with Crippen molar-refractivity contribution in [3.05, 3.63) is 20.7 Å².